The van der Waals surface area contributed by atoms with Crippen molar-refractivity contribution in [2.45, 2.75) is 31.9 Å². The van der Waals surface area contributed by atoms with Crippen LogP contribution in [0.4, 0.5) is 0 Å². The summed E-state index contributed by atoms with van der Waals surface area (Å²) in [5.41, 5.74) is 0. The second-order valence-electron chi connectivity index (χ2n) is 6.93. The van der Waals surface area contributed by atoms with Gasteiger partial charge in [-0.05, 0) is 36.6 Å². The van der Waals surface area contributed by atoms with Crippen molar-refractivity contribution in [1.29, 1.82) is 0 Å². The molecule has 3 fully saturated rings. The Morgan fingerprint density at radius 3 is 3.05 bits per heavy atom. The SMILES string of the molecule is O=C(NCC1CC1)[C@H]1CN(Cc2cccs2)C[C@H]2OCC[C@@H]12. The molecule has 2 saturated heterocycles. The summed E-state index contributed by atoms with van der Waals surface area (Å²) in [6, 6.07) is 4.27. The fourth-order valence-electron chi connectivity index (χ4n) is 3.78. The van der Waals surface area contributed by atoms with Crippen LogP contribution in [0.1, 0.15) is 24.1 Å². The van der Waals surface area contributed by atoms with E-state index in [1.165, 1.54) is 17.7 Å². The number of piperidine rings is 1. The van der Waals surface area contributed by atoms with E-state index in [0.29, 0.717) is 5.92 Å². The van der Waals surface area contributed by atoms with Crippen molar-refractivity contribution in [1.82, 2.24) is 10.2 Å². The molecule has 2 aliphatic heterocycles. The first kappa shape index (κ1) is 14.7. The first-order valence-electron chi connectivity index (χ1n) is 8.43. The summed E-state index contributed by atoms with van der Waals surface area (Å²) in [7, 11) is 0. The van der Waals surface area contributed by atoms with Gasteiger partial charge in [-0.25, -0.2) is 0 Å². The van der Waals surface area contributed by atoms with Crippen LogP contribution in [0.5, 0.6) is 0 Å². The summed E-state index contributed by atoms with van der Waals surface area (Å²) in [5.74, 6) is 1.51. The van der Waals surface area contributed by atoms with Gasteiger partial charge in [-0.2, -0.15) is 0 Å². The Labute approximate surface area is 135 Å². The molecule has 5 heteroatoms. The smallest absolute Gasteiger partial charge is 0.224 e. The normalized spacial score (nSPS) is 31.9. The molecule has 0 spiro atoms. The van der Waals surface area contributed by atoms with Gasteiger partial charge in [0.15, 0.2) is 0 Å². The number of hydrogen-bond donors (Lipinski definition) is 1. The molecule has 0 radical (unpaired) electrons. The topological polar surface area (TPSA) is 41.6 Å². The van der Waals surface area contributed by atoms with Crippen molar-refractivity contribution in [3.8, 4) is 0 Å². The van der Waals surface area contributed by atoms with Crippen molar-refractivity contribution in [3.05, 3.63) is 22.4 Å². The third-order valence-corrected chi connectivity index (χ3v) is 6.09. The number of rotatable bonds is 5. The van der Waals surface area contributed by atoms with Gasteiger partial charge in [-0.3, -0.25) is 9.69 Å². The van der Waals surface area contributed by atoms with Gasteiger partial charge in [-0.15, -0.1) is 11.3 Å². The summed E-state index contributed by atoms with van der Waals surface area (Å²) in [6.07, 6.45) is 3.85. The Balaban J connectivity index is 1.41. The lowest BCUT2D eigenvalue weighted by Crippen LogP contribution is -2.52. The van der Waals surface area contributed by atoms with Gasteiger partial charge in [0.1, 0.15) is 0 Å². The van der Waals surface area contributed by atoms with Gasteiger partial charge in [0.25, 0.3) is 0 Å². The van der Waals surface area contributed by atoms with Crippen LogP contribution >= 0.6 is 11.3 Å². The van der Waals surface area contributed by atoms with E-state index >= 15 is 0 Å². The second-order valence-corrected chi connectivity index (χ2v) is 7.96. The van der Waals surface area contributed by atoms with E-state index in [1.807, 2.05) is 0 Å². The molecule has 1 N–H and O–H groups in total. The third kappa shape index (κ3) is 3.21. The lowest BCUT2D eigenvalue weighted by Gasteiger charge is -2.39. The summed E-state index contributed by atoms with van der Waals surface area (Å²) in [4.78, 5) is 16.4. The number of nitrogens with zero attached hydrogens (tertiary/aromatic N) is 1. The molecule has 1 amide bonds. The maximum Gasteiger partial charge on any atom is 0.224 e. The highest BCUT2D eigenvalue weighted by Gasteiger charge is 2.44. The molecule has 3 aliphatic rings. The van der Waals surface area contributed by atoms with Crippen molar-refractivity contribution in [2.75, 3.05) is 26.2 Å². The lowest BCUT2D eigenvalue weighted by atomic mass is 9.82. The molecular formula is C17H24N2O2S. The molecule has 4 rings (SSSR count). The highest BCUT2D eigenvalue weighted by Crippen LogP contribution is 2.35. The van der Waals surface area contributed by atoms with Gasteiger partial charge >= 0.3 is 0 Å². The van der Waals surface area contributed by atoms with Crippen LogP contribution in [0.2, 0.25) is 0 Å². The van der Waals surface area contributed by atoms with Crippen molar-refractivity contribution in [3.63, 3.8) is 0 Å². The molecule has 0 bridgehead atoms. The molecular weight excluding hydrogens is 296 g/mol. The minimum absolute atomic E-state index is 0.0972. The second kappa shape index (κ2) is 6.30. The van der Waals surface area contributed by atoms with Gasteiger partial charge in [0.05, 0.1) is 12.0 Å². The summed E-state index contributed by atoms with van der Waals surface area (Å²) >= 11 is 1.79. The fourth-order valence-corrected chi connectivity index (χ4v) is 4.53. The lowest BCUT2D eigenvalue weighted by molar-refractivity contribution is -0.131. The molecule has 4 nitrogen and oxygen atoms in total. The number of ether oxygens (including phenoxy) is 1. The molecule has 0 unspecified atom stereocenters. The monoisotopic (exact) mass is 320 g/mol. The van der Waals surface area contributed by atoms with Crippen LogP contribution in [0.15, 0.2) is 17.5 Å². The van der Waals surface area contributed by atoms with Crippen LogP contribution in [-0.2, 0) is 16.1 Å². The van der Waals surface area contributed by atoms with Gasteiger partial charge in [0.2, 0.25) is 5.91 Å². The van der Waals surface area contributed by atoms with Crippen LogP contribution in [0.25, 0.3) is 0 Å². The molecule has 3 atom stereocenters. The van der Waals surface area contributed by atoms with E-state index < -0.39 is 0 Å². The highest BCUT2D eigenvalue weighted by molar-refractivity contribution is 7.09. The number of carbonyl (C=O) groups is 1. The number of thiophene rings is 1. The molecule has 120 valence electrons. The number of amides is 1. The van der Waals surface area contributed by atoms with Gasteiger partial charge in [-0.1, -0.05) is 6.07 Å². The minimum Gasteiger partial charge on any atom is -0.377 e. The van der Waals surface area contributed by atoms with E-state index in [4.69, 9.17) is 4.74 Å². The van der Waals surface area contributed by atoms with E-state index in [2.05, 4.69) is 27.7 Å². The number of fused-ring (bicyclic) bond motifs is 1. The first-order valence-corrected chi connectivity index (χ1v) is 9.31. The van der Waals surface area contributed by atoms with Crippen molar-refractivity contribution < 1.29 is 9.53 Å². The summed E-state index contributed by atoms with van der Waals surface area (Å²) in [6.45, 7) is 4.47. The van der Waals surface area contributed by atoms with Crippen molar-refractivity contribution >= 4 is 17.2 Å². The minimum atomic E-state index is 0.0972. The molecule has 0 aromatic carbocycles. The maximum atomic E-state index is 12.6. The average Bonchev–Trinajstić information content (AvgIpc) is 2.98. The van der Waals surface area contributed by atoms with Gasteiger partial charge < -0.3 is 10.1 Å². The van der Waals surface area contributed by atoms with E-state index in [9.17, 15) is 4.79 Å². The van der Waals surface area contributed by atoms with Crippen LogP contribution < -0.4 is 5.32 Å². The molecule has 3 heterocycles. The average molecular weight is 320 g/mol. The predicted molar refractivity (Wildman–Crippen MR) is 86.7 cm³/mol. The Kier molecular flexibility index (Phi) is 4.20. The summed E-state index contributed by atoms with van der Waals surface area (Å²) in [5, 5.41) is 5.31. The van der Waals surface area contributed by atoms with E-state index in [-0.39, 0.29) is 17.9 Å². The number of carbonyl (C=O) groups excluding carboxylic acids is 1. The highest BCUT2D eigenvalue weighted by atomic mass is 32.1. The van der Waals surface area contributed by atoms with Crippen molar-refractivity contribution in [2.24, 2.45) is 17.8 Å². The fraction of sp³-hybridized carbons (Fsp3) is 0.706. The van der Waals surface area contributed by atoms with E-state index in [1.54, 1.807) is 11.3 Å². The van der Waals surface area contributed by atoms with Crippen LogP contribution in [0, 0.1) is 17.8 Å². The molecule has 22 heavy (non-hydrogen) atoms. The van der Waals surface area contributed by atoms with Crippen LogP contribution in [0.3, 0.4) is 0 Å². The quantitative estimate of drug-likeness (QED) is 0.903. The molecule has 1 saturated carbocycles. The third-order valence-electron chi connectivity index (χ3n) is 5.23. The molecule has 1 aliphatic carbocycles. The Morgan fingerprint density at radius 2 is 2.27 bits per heavy atom. The zero-order valence-corrected chi connectivity index (χ0v) is 13.7. The Hall–Kier alpha value is -0.910. The Morgan fingerprint density at radius 1 is 1.36 bits per heavy atom. The summed E-state index contributed by atoms with van der Waals surface area (Å²) < 4.78 is 5.91. The standard InChI is InChI=1S/C17H24N2O2S/c20-17(18-8-12-3-4-12)15-10-19(9-13-2-1-7-22-13)11-16-14(15)5-6-21-16/h1-2,7,12,14-16H,3-6,8-11H2,(H,18,20)/t14-,15-,16+/m0/s1. The first-order chi connectivity index (χ1) is 10.8. The zero-order valence-electron chi connectivity index (χ0n) is 12.9. The zero-order chi connectivity index (χ0) is 14.9. The number of nitrogens with one attached hydrogen (secondary N) is 1. The number of likely N-dealkylation sites (tertiary alicyclic amines) is 1. The Bertz CT molecular complexity index is 515. The molecule has 1 aromatic heterocycles. The largest absolute Gasteiger partial charge is 0.377 e. The number of hydrogen-bond acceptors (Lipinski definition) is 4. The van der Waals surface area contributed by atoms with Gasteiger partial charge in [0, 0.05) is 43.6 Å². The predicted octanol–water partition coefficient (Wildman–Crippen LogP) is 2.11. The van der Waals surface area contributed by atoms with E-state index in [0.717, 1.165) is 45.1 Å². The maximum absolute atomic E-state index is 12.6. The molecule has 1 aromatic rings. The van der Waals surface area contributed by atoms with Crippen LogP contribution in [-0.4, -0.2) is 43.2 Å².